The monoisotopic (exact) mass is 736 g/mol. The largest absolute Gasteiger partial charge is 0.458 e. The molecule has 0 bridgehead atoms. The Morgan fingerprint density at radius 1 is 0.962 bits per heavy atom. The number of hydrogen-bond acceptors (Lipinski definition) is 14. The van der Waals surface area contributed by atoms with Crippen molar-refractivity contribution in [3.63, 3.8) is 0 Å². The maximum absolute atomic E-state index is 12.4. The number of esters is 2. The van der Waals surface area contributed by atoms with Crippen LogP contribution in [0.15, 0.2) is 23.8 Å². The van der Waals surface area contributed by atoms with Gasteiger partial charge in [0.05, 0.1) is 24.4 Å². The summed E-state index contributed by atoms with van der Waals surface area (Å²) < 4.78 is 41.4. The number of rotatable bonds is 8. The minimum Gasteiger partial charge on any atom is -0.458 e. The molecule has 0 aromatic rings. The van der Waals surface area contributed by atoms with Crippen LogP contribution in [0, 0.1) is 35.0 Å². The van der Waals surface area contributed by atoms with Crippen molar-refractivity contribution in [3.05, 3.63) is 23.8 Å². The van der Waals surface area contributed by atoms with E-state index < -0.39 is 79.6 Å². The highest BCUT2D eigenvalue weighted by atomic mass is 16.8. The molecule has 3 heterocycles. The number of fused-ring (bicyclic) bond motifs is 5. The second kappa shape index (κ2) is 14.6. The summed E-state index contributed by atoms with van der Waals surface area (Å²) in [5.41, 5.74) is 1.21. The molecule has 4 saturated carbocycles. The van der Waals surface area contributed by atoms with E-state index in [0.717, 1.165) is 56.1 Å². The number of aliphatic hydroxyl groups excluding tert-OH is 4. The first-order valence-electron chi connectivity index (χ1n) is 18.9. The fourth-order valence-electron chi connectivity index (χ4n) is 11.3. The van der Waals surface area contributed by atoms with Crippen molar-refractivity contribution in [2.75, 3.05) is 20.3 Å². The van der Waals surface area contributed by atoms with Crippen LogP contribution in [0.3, 0.4) is 0 Å². The van der Waals surface area contributed by atoms with Crippen molar-refractivity contribution >= 4 is 11.9 Å². The molecule has 0 aromatic carbocycles. The molecule has 292 valence electrons. The van der Waals surface area contributed by atoms with Gasteiger partial charge in [0.25, 0.3) is 0 Å². The number of carbonyl (C=O) groups excluding carboxylic acids is 2. The van der Waals surface area contributed by atoms with Crippen LogP contribution in [-0.4, -0.2) is 131 Å². The molecule has 6 fully saturated rings. The maximum Gasteiger partial charge on any atom is 0.331 e. The van der Waals surface area contributed by atoms with E-state index in [-0.39, 0.29) is 35.2 Å². The Hall–Kier alpha value is -1.98. The molecule has 0 aromatic heterocycles. The van der Waals surface area contributed by atoms with Gasteiger partial charge < -0.3 is 58.7 Å². The molecule has 4 aliphatic carbocycles. The minimum absolute atomic E-state index is 0.00721. The highest BCUT2D eigenvalue weighted by molar-refractivity contribution is 5.85. The number of ether oxygens (including phenoxy) is 7. The van der Waals surface area contributed by atoms with Crippen LogP contribution in [0.25, 0.3) is 0 Å². The van der Waals surface area contributed by atoms with E-state index in [4.69, 9.17) is 33.2 Å². The number of carbonyl (C=O) groups is 2. The Balaban J connectivity index is 1.03. The number of hydrogen-bond donors (Lipinski definition) is 5. The van der Waals surface area contributed by atoms with Crippen LogP contribution in [0.4, 0.5) is 0 Å². The summed E-state index contributed by atoms with van der Waals surface area (Å²) in [5.74, 6) is 0.0166. The van der Waals surface area contributed by atoms with Crippen molar-refractivity contribution in [3.8, 4) is 0 Å². The summed E-state index contributed by atoms with van der Waals surface area (Å²) in [6, 6.07) is 0. The molecule has 18 unspecified atom stereocenters. The fourth-order valence-corrected chi connectivity index (χ4v) is 11.3. The zero-order chi connectivity index (χ0) is 37.3. The van der Waals surface area contributed by atoms with E-state index in [9.17, 15) is 35.1 Å². The highest BCUT2D eigenvalue weighted by Crippen LogP contribution is 2.67. The zero-order valence-corrected chi connectivity index (χ0v) is 30.5. The van der Waals surface area contributed by atoms with Gasteiger partial charge in [0.1, 0.15) is 43.2 Å². The Morgan fingerprint density at radius 3 is 2.40 bits per heavy atom. The van der Waals surface area contributed by atoms with Gasteiger partial charge in [0.15, 0.2) is 18.7 Å². The summed E-state index contributed by atoms with van der Waals surface area (Å²) >= 11 is 0. The Bertz CT molecular complexity index is 1400. The lowest BCUT2D eigenvalue weighted by molar-refractivity contribution is -0.362. The molecule has 14 nitrogen and oxygen atoms in total. The standard InChI is InChI=1S/C38H56O14/c1-17-23(20-12-28(41)47-16-20)9-11-38(45)24-7-6-21-13-22(8-10-37(21,4)26(24)14-25(17)38)50-36-34(49-19(3)40)33(46-5)32(18(2)48-36)52-35-31(44)30(43)29(42)27(15-39)51-35/h12,18,21-27,29-36,39,42-45H,1,6-11,13-16H2,2-5H3. The summed E-state index contributed by atoms with van der Waals surface area (Å²) in [4.78, 5) is 24.2. The summed E-state index contributed by atoms with van der Waals surface area (Å²) in [7, 11) is 1.44. The predicted molar refractivity (Wildman–Crippen MR) is 180 cm³/mol. The van der Waals surface area contributed by atoms with E-state index in [1.165, 1.54) is 14.0 Å². The van der Waals surface area contributed by atoms with E-state index in [1.807, 2.05) is 0 Å². The maximum atomic E-state index is 12.4. The van der Waals surface area contributed by atoms with Crippen LogP contribution < -0.4 is 0 Å². The van der Waals surface area contributed by atoms with Crippen molar-refractivity contribution in [2.45, 2.75) is 145 Å². The number of cyclic esters (lactones) is 1. The molecular formula is C38H56O14. The first-order chi connectivity index (χ1) is 24.7. The molecule has 0 radical (unpaired) electrons. The van der Waals surface area contributed by atoms with Crippen LogP contribution in [0.2, 0.25) is 0 Å². The molecule has 52 heavy (non-hydrogen) atoms. The van der Waals surface area contributed by atoms with Crippen molar-refractivity contribution < 1.29 is 68.3 Å². The SMILES string of the molecule is C=C1C(C2=CC(=O)OC2)CCC2(O)C1CC1C2CCC2CC(OC3OC(C)C(OC4OC(CO)C(O)C(O)C4O)C(OC)C3OC(C)=O)CCC21C. The first-order valence-corrected chi connectivity index (χ1v) is 18.9. The van der Waals surface area contributed by atoms with Gasteiger partial charge in [-0.2, -0.15) is 0 Å². The Morgan fingerprint density at radius 2 is 1.73 bits per heavy atom. The van der Waals surface area contributed by atoms with Gasteiger partial charge in [0.2, 0.25) is 0 Å². The molecular weight excluding hydrogens is 680 g/mol. The molecule has 3 aliphatic heterocycles. The van der Waals surface area contributed by atoms with Crippen molar-refractivity contribution in [1.82, 2.24) is 0 Å². The van der Waals surface area contributed by atoms with Crippen LogP contribution in [-0.2, 0) is 42.7 Å². The van der Waals surface area contributed by atoms with Crippen LogP contribution in [0.1, 0.15) is 72.1 Å². The second-order valence-electron chi connectivity index (χ2n) is 16.6. The lowest BCUT2D eigenvalue weighted by atomic mass is 9.51. The van der Waals surface area contributed by atoms with E-state index in [1.54, 1.807) is 13.0 Å². The molecule has 18 atom stereocenters. The molecule has 14 heteroatoms. The van der Waals surface area contributed by atoms with E-state index >= 15 is 0 Å². The van der Waals surface area contributed by atoms with Gasteiger partial charge in [-0.1, -0.05) is 19.1 Å². The number of methoxy groups -OCH3 is 1. The Labute approximate surface area is 304 Å². The predicted octanol–water partition coefficient (Wildman–Crippen LogP) is 1.28. The van der Waals surface area contributed by atoms with Gasteiger partial charge in [0, 0.05) is 31.9 Å². The van der Waals surface area contributed by atoms with Gasteiger partial charge in [-0.3, -0.25) is 4.79 Å². The molecule has 0 amide bonds. The second-order valence-corrected chi connectivity index (χ2v) is 16.6. The number of aliphatic hydroxyl groups is 5. The summed E-state index contributed by atoms with van der Waals surface area (Å²) in [5, 5.41) is 53.1. The quantitative estimate of drug-likeness (QED) is 0.136. The minimum atomic E-state index is -1.63. The third kappa shape index (κ3) is 6.48. The lowest BCUT2D eigenvalue weighted by Crippen LogP contribution is -2.65. The van der Waals surface area contributed by atoms with Gasteiger partial charge in [-0.15, -0.1) is 0 Å². The first kappa shape index (κ1) is 38.3. The van der Waals surface area contributed by atoms with Gasteiger partial charge in [-0.05, 0) is 87.0 Å². The smallest absolute Gasteiger partial charge is 0.331 e. The zero-order valence-electron chi connectivity index (χ0n) is 30.5. The van der Waals surface area contributed by atoms with Crippen LogP contribution in [0.5, 0.6) is 0 Å². The Kier molecular flexibility index (Phi) is 10.7. The molecule has 5 N–H and O–H groups in total. The lowest BCUT2D eigenvalue weighted by Gasteiger charge is -2.55. The third-order valence-corrected chi connectivity index (χ3v) is 14.0. The van der Waals surface area contributed by atoms with E-state index in [0.29, 0.717) is 24.9 Å². The normalized spacial score (nSPS) is 50.4. The molecule has 7 rings (SSSR count). The molecule has 0 spiro atoms. The summed E-state index contributed by atoms with van der Waals surface area (Å²) in [6.07, 6.45) is -3.97. The van der Waals surface area contributed by atoms with E-state index in [2.05, 4.69) is 13.5 Å². The summed E-state index contributed by atoms with van der Waals surface area (Å²) in [6.45, 7) is 9.59. The fraction of sp³-hybridized carbons (Fsp3) is 0.842. The van der Waals surface area contributed by atoms with Gasteiger partial charge >= 0.3 is 11.9 Å². The third-order valence-electron chi connectivity index (χ3n) is 14.0. The molecule has 2 saturated heterocycles. The average molecular weight is 737 g/mol. The molecule has 7 aliphatic rings. The highest BCUT2D eigenvalue weighted by Gasteiger charge is 2.65. The van der Waals surface area contributed by atoms with Crippen molar-refractivity contribution in [1.29, 1.82) is 0 Å². The van der Waals surface area contributed by atoms with Crippen molar-refractivity contribution in [2.24, 2.45) is 35.0 Å². The van der Waals surface area contributed by atoms with Gasteiger partial charge in [-0.25, -0.2) is 4.79 Å². The average Bonchev–Trinajstić information content (AvgIpc) is 3.68. The van der Waals surface area contributed by atoms with Crippen LogP contribution >= 0.6 is 0 Å². The topological polar surface area (TPSA) is 200 Å².